The third kappa shape index (κ3) is 3.43. The molecule has 0 bridgehead atoms. The van der Waals surface area contributed by atoms with Gasteiger partial charge in [0.05, 0.1) is 32.9 Å². The van der Waals surface area contributed by atoms with Crippen LogP contribution in [0.1, 0.15) is 5.69 Å². The van der Waals surface area contributed by atoms with Crippen molar-refractivity contribution >= 4 is 28.5 Å². The van der Waals surface area contributed by atoms with Gasteiger partial charge >= 0.3 is 5.97 Å². The van der Waals surface area contributed by atoms with Gasteiger partial charge in [-0.15, -0.1) is 0 Å². The molecule has 2 aromatic rings. The number of fused-ring (bicyclic) bond motifs is 1. The number of β-amino-alcohol motifs (C(OH)–C–C–N with tert-alkyl or cyclic N) is 1. The van der Waals surface area contributed by atoms with Crippen molar-refractivity contribution in [2.45, 2.75) is 6.92 Å². The number of aliphatic hydroxyl groups excluding tert-OH is 1. The number of hydrogen-bond donors (Lipinski definition) is 2. The number of aromatic nitrogens is 1. The number of nitrogens with zero attached hydrogens (tertiary/aromatic N) is 2. The molecule has 1 aliphatic rings. The molecule has 8 nitrogen and oxygen atoms in total. The number of methoxy groups -OCH3 is 2. The maximum Gasteiger partial charge on any atom is 0.337 e. The van der Waals surface area contributed by atoms with Crippen LogP contribution in [-0.2, 0) is 14.3 Å². The fraction of sp³-hybridized carbons (Fsp3) is 0.316. The number of amides is 1. The molecule has 1 aliphatic heterocycles. The SMILES string of the molecule is COC(=O)C1=C(Nc2ccc(OC)c3nc(C)ccc23)C(=O)N(CCO)C1. The molecule has 0 saturated carbocycles. The minimum absolute atomic E-state index is 0.0832. The lowest BCUT2D eigenvalue weighted by atomic mass is 10.1. The van der Waals surface area contributed by atoms with Crippen LogP contribution < -0.4 is 10.1 Å². The van der Waals surface area contributed by atoms with Crippen LogP contribution in [0.2, 0.25) is 0 Å². The second kappa shape index (κ2) is 7.63. The molecule has 1 amide bonds. The summed E-state index contributed by atoms with van der Waals surface area (Å²) in [5.41, 5.74) is 2.47. The topological polar surface area (TPSA) is 101 Å². The van der Waals surface area contributed by atoms with Gasteiger partial charge in [0.1, 0.15) is 17.0 Å². The molecule has 27 heavy (non-hydrogen) atoms. The Hall–Kier alpha value is -3.13. The van der Waals surface area contributed by atoms with Crippen LogP contribution in [0.4, 0.5) is 5.69 Å². The van der Waals surface area contributed by atoms with Crippen LogP contribution in [0.5, 0.6) is 5.75 Å². The third-order valence-corrected chi connectivity index (χ3v) is 4.39. The monoisotopic (exact) mass is 371 g/mol. The second-order valence-electron chi connectivity index (χ2n) is 6.08. The lowest BCUT2D eigenvalue weighted by Crippen LogP contribution is -2.31. The van der Waals surface area contributed by atoms with Crippen molar-refractivity contribution in [1.29, 1.82) is 0 Å². The molecule has 1 aromatic heterocycles. The van der Waals surface area contributed by atoms with Gasteiger partial charge in [-0.05, 0) is 31.2 Å². The molecule has 2 heterocycles. The Balaban J connectivity index is 2.07. The highest BCUT2D eigenvalue weighted by Crippen LogP contribution is 2.32. The molecule has 142 valence electrons. The van der Waals surface area contributed by atoms with Gasteiger partial charge in [0.2, 0.25) is 0 Å². The van der Waals surface area contributed by atoms with Crippen LogP contribution in [0.3, 0.4) is 0 Å². The van der Waals surface area contributed by atoms with Gasteiger partial charge < -0.3 is 24.8 Å². The summed E-state index contributed by atoms with van der Waals surface area (Å²) in [4.78, 5) is 30.7. The average Bonchev–Trinajstić information content (AvgIpc) is 2.97. The predicted molar refractivity (Wildman–Crippen MR) is 99.4 cm³/mol. The molecule has 0 atom stereocenters. The number of anilines is 1. The van der Waals surface area contributed by atoms with Crippen molar-refractivity contribution in [3.05, 3.63) is 41.2 Å². The summed E-state index contributed by atoms with van der Waals surface area (Å²) < 4.78 is 10.2. The summed E-state index contributed by atoms with van der Waals surface area (Å²) in [7, 11) is 2.83. The lowest BCUT2D eigenvalue weighted by molar-refractivity contribution is -0.136. The van der Waals surface area contributed by atoms with Crippen LogP contribution in [0, 0.1) is 6.92 Å². The summed E-state index contributed by atoms with van der Waals surface area (Å²) in [6.07, 6.45) is 0. The van der Waals surface area contributed by atoms with E-state index >= 15 is 0 Å². The lowest BCUT2D eigenvalue weighted by Gasteiger charge is -2.16. The number of aliphatic hydroxyl groups is 1. The molecular weight excluding hydrogens is 350 g/mol. The fourth-order valence-corrected chi connectivity index (χ4v) is 3.05. The summed E-state index contributed by atoms with van der Waals surface area (Å²) >= 11 is 0. The molecule has 0 unspecified atom stereocenters. The van der Waals surface area contributed by atoms with E-state index in [-0.39, 0.29) is 36.9 Å². The Bertz CT molecular complexity index is 938. The minimum atomic E-state index is -0.585. The highest BCUT2D eigenvalue weighted by molar-refractivity contribution is 6.10. The van der Waals surface area contributed by atoms with E-state index in [4.69, 9.17) is 14.6 Å². The van der Waals surface area contributed by atoms with Gasteiger partial charge in [-0.25, -0.2) is 9.78 Å². The molecule has 8 heteroatoms. The molecule has 0 spiro atoms. The highest BCUT2D eigenvalue weighted by atomic mass is 16.5. The number of ether oxygens (including phenoxy) is 2. The Morgan fingerprint density at radius 2 is 2.07 bits per heavy atom. The molecule has 1 aromatic carbocycles. The zero-order valence-electron chi connectivity index (χ0n) is 15.4. The zero-order valence-corrected chi connectivity index (χ0v) is 15.4. The van der Waals surface area contributed by atoms with Crippen LogP contribution in [0.25, 0.3) is 10.9 Å². The van der Waals surface area contributed by atoms with E-state index in [0.29, 0.717) is 17.0 Å². The number of carbonyl (C=O) groups is 2. The van der Waals surface area contributed by atoms with Gasteiger partial charge in [0.15, 0.2) is 0 Å². The molecule has 3 rings (SSSR count). The molecule has 0 fully saturated rings. The Morgan fingerprint density at radius 1 is 1.30 bits per heavy atom. The van der Waals surface area contributed by atoms with Crippen molar-refractivity contribution in [1.82, 2.24) is 9.88 Å². The van der Waals surface area contributed by atoms with E-state index in [9.17, 15) is 9.59 Å². The normalized spacial score (nSPS) is 14.1. The number of benzene rings is 1. The summed E-state index contributed by atoms with van der Waals surface area (Å²) in [6.45, 7) is 1.90. The van der Waals surface area contributed by atoms with Crippen LogP contribution >= 0.6 is 0 Å². The van der Waals surface area contributed by atoms with E-state index in [1.165, 1.54) is 12.0 Å². The maximum absolute atomic E-state index is 12.7. The van der Waals surface area contributed by atoms with Crippen molar-refractivity contribution in [3.8, 4) is 5.75 Å². The number of esters is 1. The molecule has 0 aliphatic carbocycles. The van der Waals surface area contributed by atoms with E-state index in [1.54, 1.807) is 19.2 Å². The van der Waals surface area contributed by atoms with Gasteiger partial charge in [-0.3, -0.25) is 4.79 Å². The Labute approximate surface area is 156 Å². The van der Waals surface area contributed by atoms with Gasteiger partial charge in [0.25, 0.3) is 5.91 Å². The quantitative estimate of drug-likeness (QED) is 0.737. The van der Waals surface area contributed by atoms with E-state index in [1.807, 2.05) is 19.1 Å². The number of hydrogen-bond acceptors (Lipinski definition) is 7. The smallest absolute Gasteiger partial charge is 0.337 e. The number of aryl methyl sites for hydroxylation is 1. The van der Waals surface area contributed by atoms with E-state index < -0.39 is 5.97 Å². The van der Waals surface area contributed by atoms with Crippen molar-refractivity contribution in [3.63, 3.8) is 0 Å². The summed E-state index contributed by atoms with van der Waals surface area (Å²) in [5, 5.41) is 13.0. The number of rotatable bonds is 6. The Morgan fingerprint density at radius 3 is 2.74 bits per heavy atom. The van der Waals surface area contributed by atoms with E-state index in [0.717, 1.165) is 11.1 Å². The van der Waals surface area contributed by atoms with Crippen LogP contribution in [-0.4, -0.2) is 60.8 Å². The second-order valence-corrected chi connectivity index (χ2v) is 6.08. The third-order valence-electron chi connectivity index (χ3n) is 4.39. The van der Waals surface area contributed by atoms with Gasteiger partial charge in [0, 0.05) is 23.3 Å². The number of nitrogens with one attached hydrogen (secondary N) is 1. The first-order valence-electron chi connectivity index (χ1n) is 8.43. The van der Waals surface area contributed by atoms with Crippen LogP contribution in [0.15, 0.2) is 35.5 Å². The highest BCUT2D eigenvalue weighted by Gasteiger charge is 2.34. The van der Waals surface area contributed by atoms with Crippen molar-refractivity contribution in [2.24, 2.45) is 0 Å². The first-order chi connectivity index (χ1) is 13.0. The molecule has 2 N–H and O–H groups in total. The first kappa shape index (κ1) is 18.7. The fourth-order valence-electron chi connectivity index (χ4n) is 3.05. The van der Waals surface area contributed by atoms with Crippen molar-refractivity contribution < 1.29 is 24.2 Å². The summed E-state index contributed by atoms with van der Waals surface area (Å²) in [6, 6.07) is 7.26. The number of carbonyl (C=O) groups excluding carboxylic acids is 2. The van der Waals surface area contributed by atoms with Gasteiger partial charge in [-0.2, -0.15) is 0 Å². The zero-order chi connectivity index (χ0) is 19.6. The maximum atomic E-state index is 12.7. The minimum Gasteiger partial charge on any atom is -0.494 e. The number of pyridine rings is 1. The molecule has 0 saturated heterocycles. The van der Waals surface area contributed by atoms with E-state index in [2.05, 4.69) is 10.3 Å². The summed E-state index contributed by atoms with van der Waals surface area (Å²) in [5.74, 6) is -0.340. The van der Waals surface area contributed by atoms with Gasteiger partial charge in [-0.1, -0.05) is 0 Å². The average molecular weight is 371 g/mol. The largest absolute Gasteiger partial charge is 0.494 e. The first-order valence-corrected chi connectivity index (χ1v) is 8.43. The Kier molecular flexibility index (Phi) is 5.27. The van der Waals surface area contributed by atoms with Crippen molar-refractivity contribution in [2.75, 3.05) is 39.2 Å². The molecule has 0 radical (unpaired) electrons. The standard InChI is InChI=1S/C19H21N3O5/c1-11-4-5-12-14(6-7-15(26-2)16(12)20-11)21-17-13(19(25)27-3)10-22(8-9-23)18(17)24/h4-7,21,23H,8-10H2,1-3H3. The molecular formula is C19H21N3O5. The predicted octanol–water partition coefficient (Wildman–Crippen LogP) is 1.23.